The summed E-state index contributed by atoms with van der Waals surface area (Å²) in [6.45, 7) is 0.235. The molecule has 2 aromatic rings. The van der Waals surface area contributed by atoms with Crippen LogP contribution in [0.15, 0.2) is 35.4 Å². The first-order chi connectivity index (χ1) is 9.51. The Bertz CT molecular complexity index is 714. The lowest BCUT2D eigenvalue weighted by atomic mass is 10.1. The molecule has 0 aliphatic rings. The highest BCUT2D eigenvalue weighted by Gasteiger charge is 2.13. The zero-order valence-corrected chi connectivity index (χ0v) is 11.3. The number of nitro benzene ring substituents is 1. The third-order valence-corrected chi connectivity index (χ3v) is 2.90. The van der Waals surface area contributed by atoms with Gasteiger partial charge in [0.1, 0.15) is 5.69 Å². The molecule has 1 N–H and O–H groups in total. The van der Waals surface area contributed by atoms with E-state index in [1.54, 1.807) is 19.2 Å². The van der Waals surface area contributed by atoms with Gasteiger partial charge in [-0.15, -0.1) is 0 Å². The molecule has 7 nitrogen and oxygen atoms in total. The van der Waals surface area contributed by atoms with Crippen LogP contribution in [0.2, 0.25) is 5.02 Å². The Morgan fingerprint density at radius 2 is 2.25 bits per heavy atom. The normalized spacial score (nSPS) is 10.3. The summed E-state index contributed by atoms with van der Waals surface area (Å²) in [6.07, 6.45) is 2.74. The highest BCUT2D eigenvalue weighted by molar-refractivity contribution is 6.30. The average molecular weight is 295 g/mol. The molecule has 2 rings (SSSR count). The first kappa shape index (κ1) is 14.0. The lowest BCUT2D eigenvalue weighted by molar-refractivity contribution is -0.383. The number of hydrogen-bond acceptors (Lipinski definition) is 5. The van der Waals surface area contributed by atoms with Gasteiger partial charge in [-0.1, -0.05) is 17.7 Å². The first-order valence-electron chi connectivity index (χ1n) is 5.68. The number of rotatable bonds is 4. The molecule has 0 aliphatic carbocycles. The number of benzene rings is 1. The second-order valence-corrected chi connectivity index (χ2v) is 4.48. The topological polar surface area (TPSA) is 90.1 Å². The standard InChI is InChI=1S/C12H11ClN4O3/c1-14-10-4-8(2-3-11(10)17(19)20)6-16-7-9(13)5-15-12(16)18/h2-5,7,14H,6H2,1H3. The van der Waals surface area contributed by atoms with E-state index in [1.165, 1.54) is 23.0 Å². The minimum atomic E-state index is -0.470. The Balaban J connectivity index is 2.37. The largest absolute Gasteiger partial charge is 0.383 e. The molecular formula is C12H11ClN4O3. The van der Waals surface area contributed by atoms with Gasteiger partial charge >= 0.3 is 5.69 Å². The SMILES string of the molecule is CNc1cc(Cn2cc(Cl)cnc2=O)ccc1[N+](=O)[O-]. The minimum absolute atomic E-state index is 0.0205. The molecule has 104 valence electrons. The van der Waals surface area contributed by atoms with Gasteiger partial charge in [-0.05, 0) is 11.6 Å². The van der Waals surface area contributed by atoms with Gasteiger partial charge in [0, 0.05) is 19.3 Å². The molecular weight excluding hydrogens is 284 g/mol. The quantitative estimate of drug-likeness (QED) is 0.687. The molecule has 0 saturated carbocycles. The Kier molecular flexibility index (Phi) is 3.99. The fourth-order valence-electron chi connectivity index (χ4n) is 1.78. The summed E-state index contributed by atoms with van der Waals surface area (Å²) < 4.78 is 1.34. The van der Waals surface area contributed by atoms with Crippen molar-refractivity contribution in [2.45, 2.75) is 6.54 Å². The lowest BCUT2D eigenvalue weighted by Crippen LogP contribution is -2.22. The van der Waals surface area contributed by atoms with Crippen molar-refractivity contribution in [2.75, 3.05) is 12.4 Å². The van der Waals surface area contributed by atoms with Crippen molar-refractivity contribution in [2.24, 2.45) is 0 Å². The van der Waals surface area contributed by atoms with Crippen LogP contribution in [0.1, 0.15) is 5.56 Å². The number of hydrogen-bond donors (Lipinski definition) is 1. The fourth-order valence-corrected chi connectivity index (χ4v) is 1.95. The number of halogens is 1. The van der Waals surface area contributed by atoms with E-state index in [0.717, 1.165) is 5.56 Å². The van der Waals surface area contributed by atoms with Gasteiger partial charge in [-0.25, -0.2) is 9.78 Å². The lowest BCUT2D eigenvalue weighted by Gasteiger charge is -2.08. The zero-order valence-electron chi connectivity index (χ0n) is 10.5. The first-order valence-corrected chi connectivity index (χ1v) is 6.06. The number of aromatic nitrogens is 2. The summed E-state index contributed by atoms with van der Waals surface area (Å²) in [4.78, 5) is 25.6. The van der Waals surface area contributed by atoms with Crippen molar-refractivity contribution in [3.05, 3.63) is 61.8 Å². The predicted molar refractivity (Wildman–Crippen MR) is 75.3 cm³/mol. The number of anilines is 1. The van der Waals surface area contributed by atoms with Crippen molar-refractivity contribution in [1.82, 2.24) is 9.55 Å². The second kappa shape index (κ2) is 5.70. The molecule has 1 aromatic carbocycles. The van der Waals surface area contributed by atoms with Crippen LogP contribution in [0, 0.1) is 10.1 Å². The van der Waals surface area contributed by atoms with Gasteiger partial charge in [0.2, 0.25) is 0 Å². The second-order valence-electron chi connectivity index (χ2n) is 4.04. The zero-order chi connectivity index (χ0) is 14.7. The summed E-state index contributed by atoms with van der Waals surface area (Å²) in [5.41, 5.74) is 0.660. The van der Waals surface area contributed by atoms with Gasteiger partial charge in [-0.3, -0.25) is 14.7 Å². The maximum absolute atomic E-state index is 11.6. The summed E-state index contributed by atoms with van der Waals surface area (Å²) >= 11 is 5.78. The van der Waals surface area contributed by atoms with Crippen LogP contribution in [-0.4, -0.2) is 21.5 Å². The van der Waals surface area contributed by atoms with Crippen molar-refractivity contribution in [3.63, 3.8) is 0 Å². The van der Waals surface area contributed by atoms with Crippen LogP contribution in [0.3, 0.4) is 0 Å². The van der Waals surface area contributed by atoms with Crippen molar-refractivity contribution in [1.29, 1.82) is 0 Å². The molecule has 1 heterocycles. The van der Waals surface area contributed by atoms with Gasteiger partial charge in [0.25, 0.3) is 5.69 Å². The van der Waals surface area contributed by atoms with E-state index >= 15 is 0 Å². The van der Waals surface area contributed by atoms with Crippen molar-refractivity contribution >= 4 is 23.0 Å². The van der Waals surface area contributed by atoms with E-state index in [4.69, 9.17) is 11.6 Å². The molecule has 8 heteroatoms. The summed E-state index contributed by atoms with van der Waals surface area (Å²) in [5, 5.41) is 13.9. The maximum Gasteiger partial charge on any atom is 0.347 e. The van der Waals surface area contributed by atoms with Crippen LogP contribution in [-0.2, 0) is 6.54 Å². The molecule has 0 aliphatic heterocycles. The monoisotopic (exact) mass is 294 g/mol. The summed E-state index contributed by atoms with van der Waals surface area (Å²) in [6, 6.07) is 4.60. The molecule has 0 saturated heterocycles. The van der Waals surface area contributed by atoms with E-state index in [0.29, 0.717) is 10.7 Å². The average Bonchev–Trinajstić information content (AvgIpc) is 2.42. The maximum atomic E-state index is 11.6. The molecule has 0 atom stereocenters. The van der Waals surface area contributed by atoms with E-state index in [9.17, 15) is 14.9 Å². The number of nitrogens with one attached hydrogen (secondary N) is 1. The van der Waals surface area contributed by atoms with Gasteiger partial charge < -0.3 is 5.32 Å². The Hall–Kier alpha value is -2.41. The van der Waals surface area contributed by atoms with Gasteiger partial charge in [-0.2, -0.15) is 0 Å². The van der Waals surface area contributed by atoms with Crippen molar-refractivity contribution in [3.8, 4) is 0 Å². The van der Waals surface area contributed by atoms with Crippen LogP contribution < -0.4 is 11.0 Å². The summed E-state index contributed by atoms with van der Waals surface area (Å²) in [5.74, 6) is 0. The van der Waals surface area contributed by atoms with Crippen molar-refractivity contribution < 1.29 is 4.92 Å². The molecule has 1 aromatic heterocycles. The molecule has 0 amide bonds. The van der Waals surface area contributed by atoms with E-state index in [2.05, 4.69) is 10.3 Å². The highest BCUT2D eigenvalue weighted by Crippen LogP contribution is 2.25. The molecule has 0 fully saturated rings. The predicted octanol–water partition coefficient (Wildman–Crippen LogP) is 1.89. The van der Waals surface area contributed by atoms with E-state index in [-0.39, 0.29) is 12.2 Å². The van der Waals surface area contributed by atoms with Crippen LogP contribution in [0.25, 0.3) is 0 Å². The van der Waals surface area contributed by atoms with E-state index < -0.39 is 10.6 Å². The third kappa shape index (κ3) is 2.94. The Morgan fingerprint density at radius 1 is 1.50 bits per heavy atom. The smallest absolute Gasteiger partial charge is 0.347 e. The molecule has 0 radical (unpaired) electrons. The van der Waals surface area contributed by atoms with Gasteiger partial charge in [0.15, 0.2) is 0 Å². The Morgan fingerprint density at radius 3 is 2.90 bits per heavy atom. The number of nitro groups is 1. The van der Waals surface area contributed by atoms with E-state index in [1.807, 2.05) is 0 Å². The third-order valence-electron chi connectivity index (χ3n) is 2.70. The molecule has 0 bridgehead atoms. The number of nitrogens with zero attached hydrogens (tertiary/aromatic N) is 3. The van der Waals surface area contributed by atoms with Crippen LogP contribution in [0.4, 0.5) is 11.4 Å². The summed E-state index contributed by atoms with van der Waals surface area (Å²) in [7, 11) is 1.60. The van der Waals surface area contributed by atoms with Crippen LogP contribution in [0.5, 0.6) is 0 Å². The molecule has 20 heavy (non-hydrogen) atoms. The molecule has 0 spiro atoms. The fraction of sp³-hybridized carbons (Fsp3) is 0.167. The molecule has 0 unspecified atom stereocenters. The van der Waals surface area contributed by atoms with Crippen LogP contribution >= 0.6 is 11.6 Å². The Labute approximate surface area is 119 Å². The minimum Gasteiger partial charge on any atom is -0.383 e. The van der Waals surface area contributed by atoms with Gasteiger partial charge in [0.05, 0.1) is 22.7 Å². The highest BCUT2D eigenvalue weighted by atomic mass is 35.5.